The van der Waals surface area contributed by atoms with Gasteiger partial charge in [0.25, 0.3) is 5.09 Å². The summed E-state index contributed by atoms with van der Waals surface area (Å²) in [5, 5.41) is 12.9. The Hall–Kier alpha value is -2.95. The highest BCUT2D eigenvalue weighted by atomic mass is 35.5. The molecule has 32 heavy (non-hydrogen) atoms. The Balaban J connectivity index is 1.44. The maximum Gasteiger partial charge on any atom is 0.310 e. The summed E-state index contributed by atoms with van der Waals surface area (Å²) in [5.74, 6) is -1.07. The molecule has 0 radical (unpaired) electrons. The predicted molar refractivity (Wildman–Crippen MR) is 111 cm³/mol. The van der Waals surface area contributed by atoms with Crippen LogP contribution >= 0.6 is 11.6 Å². The summed E-state index contributed by atoms with van der Waals surface area (Å²) in [4.78, 5) is 27.8. The zero-order chi connectivity index (χ0) is 22.8. The maximum atomic E-state index is 14.2. The smallest absolute Gasteiger partial charge is 0.310 e. The molecule has 0 spiro atoms. The Morgan fingerprint density at radius 1 is 1.25 bits per heavy atom. The first-order valence-electron chi connectivity index (χ1n) is 9.86. The standard InChI is InChI=1S/C21H20ClFN2O7/c1-11-5-6-15(24-19-13(22)3-2-4-14(19)23)12(7-11)8-18(26)31-16-9-29-21-17(32-25(27)28)10-30-20(16)21/h2-7,16-17,20-21,24H,8-10H2,1H3. The lowest BCUT2D eigenvalue weighted by atomic mass is 10.1. The third kappa shape index (κ3) is 4.77. The SMILES string of the molecule is Cc1ccc(Nc2c(F)cccc2Cl)c(CC(=O)OC2COC3C(O[N+](=O)[O-])COC23)c1. The van der Waals surface area contributed by atoms with Crippen molar-refractivity contribution in [1.29, 1.82) is 0 Å². The van der Waals surface area contributed by atoms with Crippen molar-refractivity contribution < 1.29 is 33.3 Å². The van der Waals surface area contributed by atoms with Crippen LogP contribution in [0.5, 0.6) is 0 Å². The van der Waals surface area contributed by atoms with E-state index in [4.69, 9.17) is 25.8 Å². The summed E-state index contributed by atoms with van der Waals surface area (Å²) < 4.78 is 30.7. The third-order valence-electron chi connectivity index (χ3n) is 5.28. The van der Waals surface area contributed by atoms with Gasteiger partial charge in [-0.2, -0.15) is 0 Å². The van der Waals surface area contributed by atoms with Gasteiger partial charge in [-0.25, -0.2) is 4.39 Å². The molecule has 0 bridgehead atoms. The molecule has 4 rings (SSSR count). The molecule has 4 atom stereocenters. The van der Waals surface area contributed by atoms with Crippen LogP contribution in [0.25, 0.3) is 0 Å². The molecule has 0 amide bonds. The van der Waals surface area contributed by atoms with Gasteiger partial charge < -0.3 is 24.4 Å². The maximum absolute atomic E-state index is 14.2. The summed E-state index contributed by atoms with van der Waals surface area (Å²) in [6, 6.07) is 9.69. The molecule has 2 saturated heterocycles. The van der Waals surface area contributed by atoms with E-state index in [0.29, 0.717) is 11.3 Å². The number of anilines is 2. The van der Waals surface area contributed by atoms with Crippen molar-refractivity contribution in [2.24, 2.45) is 0 Å². The van der Waals surface area contributed by atoms with Gasteiger partial charge in [-0.15, -0.1) is 10.1 Å². The van der Waals surface area contributed by atoms with E-state index in [9.17, 15) is 19.3 Å². The van der Waals surface area contributed by atoms with E-state index in [0.717, 1.165) is 5.56 Å². The summed E-state index contributed by atoms with van der Waals surface area (Å²) in [6.45, 7) is 1.88. The van der Waals surface area contributed by atoms with Crippen LogP contribution in [-0.2, 0) is 30.3 Å². The number of ether oxygens (including phenoxy) is 3. The van der Waals surface area contributed by atoms with Gasteiger partial charge in [0.2, 0.25) is 0 Å². The molecule has 170 valence electrons. The van der Waals surface area contributed by atoms with Crippen LogP contribution in [0.1, 0.15) is 11.1 Å². The molecule has 1 N–H and O–H groups in total. The molecular formula is C21H20ClFN2O7. The van der Waals surface area contributed by atoms with E-state index < -0.39 is 41.3 Å². The van der Waals surface area contributed by atoms with Crippen molar-refractivity contribution in [2.45, 2.75) is 37.8 Å². The summed E-state index contributed by atoms with van der Waals surface area (Å²) in [5.41, 5.74) is 2.11. The second kappa shape index (κ2) is 9.27. The highest BCUT2D eigenvalue weighted by Gasteiger charge is 2.51. The molecule has 0 aromatic heterocycles. The minimum atomic E-state index is -0.896. The topological polar surface area (TPSA) is 109 Å². The van der Waals surface area contributed by atoms with Crippen LogP contribution in [-0.4, -0.2) is 48.7 Å². The Bertz CT molecular complexity index is 1020. The molecule has 9 nitrogen and oxygen atoms in total. The van der Waals surface area contributed by atoms with Crippen LogP contribution in [0.3, 0.4) is 0 Å². The van der Waals surface area contributed by atoms with E-state index in [1.807, 2.05) is 13.0 Å². The Labute approximate surface area is 187 Å². The molecular weight excluding hydrogens is 447 g/mol. The fourth-order valence-electron chi connectivity index (χ4n) is 3.84. The molecule has 0 aliphatic carbocycles. The lowest BCUT2D eigenvalue weighted by Crippen LogP contribution is -2.36. The van der Waals surface area contributed by atoms with Gasteiger partial charge in [-0.3, -0.25) is 4.79 Å². The van der Waals surface area contributed by atoms with Gasteiger partial charge in [-0.05, 0) is 30.7 Å². The van der Waals surface area contributed by atoms with Crippen molar-refractivity contribution in [1.82, 2.24) is 0 Å². The summed E-state index contributed by atoms with van der Waals surface area (Å²) in [6.07, 6.45) is -3.00. The van der Waals surface area contributed by atoms with E-state index in [2.05, 4.69) is 10.2 Å². The van der Waals surface area contributed by atoms with Gasteiger partial charge in [0, 0.05) is 5.69 Å². The van der Waals surface area contributed by atoms with E-state index >= 15 is 0 Å². The van der Waals surface area contributed by atoms with Crippen LogP contribution in [0.2, 0.25) is 5.02 Å². The molecule has 4 unspecified atom stereocenters. The van der Waals surface area contributed by atoms with Crippen LogP contribution < -0.4 is 5.32 Å². The lowest BCUT2D eigenvalue weighted by molar-refractivity contribution is -0.769. The quantitative estimate of drug-likeness (QED) is 0.376. The second-order valence-electron chi connectivity index (χ2n) is 7.55. The molecule has 2 aliphatic heterocycles. The number of carbonyl (C=O) groups is 1. The van der Waals surface area contributed by atoms with E-state index in [1.54, 1.807) is 18.2 Å². The highest BCUT2D eigenvalue weighted by molar-refractivity contribution is 6.33. The van der Waals surface area contributed by atoms with Gasteiger partial charge >= 0.3 is 5.97 Å². The molecule has 2 heterocycles. The van der Waals surface area contributed by atoms with Gasteiger partial charge in [0.1, 0.15) is 18.0 Å². The van der Waals surface area contributed by atoms with Crippen molar-refractivity contribution in [3.8, 4) is 0 Å². The molecule has 2 aromatic carbocycles. The first-order chi connectivity index (χ1) is 15.3. The van der Waals surface area contributed by atoms with Crippen molar-refractivity contribution in [2.75, 3.05) is 18.5 Å². The van der Waals surface area contributed by atoms with Crippen molar-refractivity contribution in [3.63, 3.8) is 0 Å². The average molecular weight is 467 g/mol. The van der Waals surface area contributed by atoms with Gasteiger partial charge in [0.05, 0.1) is 30.3 Å². The average Bonchev–Trinajstić information content (AvgIpc) is 3.29. The number of para-hydroxylation sites is 1. The number of nitrogens with zero attached hydrogens (tertiary/aromatic N) is 1. The van der Waals surface area contributed by atoms with Crippen LogP contribution in [0.4, 0.5) is 15.8 Å². The van der Waals surface area contributed by atoms with Crippen LogP contribution in [0, 0.1) is 22.9 Å². The Morgan fingerprint density at radius 3 is 2.69 bits per heavy atom. The molecule has 0 saturated carbocycles. The van der Waals surface area contributed by atoms with Crippen molar-refractivity contribution in [3.05, 3.63) is 68.5 Å². The number of fused-ring (bicyclic) bond motifs is 1. The molecule has 2 aromatic rings. The first kappa shape index (κ1) is 22.3. The first-order valence-corrected chi connectivity index (χ1v) is 10.2. The predicted octanol–water partition coefficient (Wildman–Crippen LogP) is 3.36. The summed E-state index contributed by atoms with van der Waals surface area (Å²) in [7, 11) is 0. The number of benzene rings is 2. The Morgan fingerprint density at radius 2 is 1.97 bits per heavy atom. The number of aryl methyl sites for hydroxylation is 1. The van der Waals surface area contributed by atoms with E-state index in [1.165, 1.54) is 12.1 Å². The number of nitrogens with one attached hydrogen (secondary N) is 1. The number of hydrogen-bond donors (Lipinski definition) is 1. The second-order valence-corrected chi connectivity index (χ2v) is 7.96. The zero-order valence-electron chi connectivity index (χ0n) is 17.0. The minimum Gasteiger partial charge on any atom is -0.457 e. The molecule has 2 fully saturated rings. The fourth-order valence-corrected chi connectivity index (χ4v) is 4.05. The van der Waals surface area contributed by atoms with E-state index in [-0.39, 0.29) is 30.3 Å². The number of esters is 1. The van der Waals surface area contributed by atoms with Gasteiger partial charge in [-0.1, -0.05) is 35.4 Å². The third-order valence-corrected chi connectivity index (χ3v) is 5.60. The zero-order valence-corrected chi connectivity index (χ0v) is 17.7. The largest absolute Gasteiger partial charge is 0.457 e. The fraction of sp³-hybridized carbons (Fsp3) is 0.381. The number of halogens is 2. The monoisotopic (exact) mass is 466 g/mol. The number of carbonyl (C=O) groups excluding carboxylic acids is 1. The summed E-state index contributed by atoms with van der Waals surface area (Å²) >= 11 is 6.10. The number of hydrogen-bond acceptors (Lipinski definition) is 8. The van der Waals surface area contributed by atoms with Crippen LogP contribution in [0.15, 0.2) is 36.4 Å². The minimum absolute atomic E-state index is 0.0281. The Kier molecular flexibility index (Phi) is 6.45. The van der Waals surface area contributed by atoms with Crippen molar-refractivity contribution >= 4 is 28.9 Å². The van der Waals surface area contributed by atoms with Gasteiger partial charge in [0.15, 0.2) is 12.2 Å². The highest BCUT2D eigenvalue weighted by Crippen LogP contribution is 2.32. The normalized spacial score (nSPS) is 24.1. The molecule has 11 heteroatoms. The lowest BCUT2D eigenvalue weighted by Gasteiger charge is -2.18. The number of rotatable bonds is 7. The molecule has 2 aliphatic rings.